The maximum Gasteiger partial charge on any atom is 0.340 e. The monoisotopic (exact) mass is 293 g/mol. The van der Waals surface area contributed by atoms with Crippen LogP contribution in [0.4, 0.5) is 5.69 Å². The lowest BCUT2D eigenvalue weighted by atomic mass is 10.2. The number of aromatic nitrogens is 2. The van der Waals surface area contributed by atoms with E-state index in [0.29, 0.717) is 22.0 Å². The summed E-state index contributed by atoms with van der Waals surface area (Å²) < 4.78 is 7.00. The quantitative estimate of drug-likeness (QED) is 0.695. The van der Waals surface area contributed by atoms with Gasteiger partial charge in [0.1, 0.15) is 6.61 Å². The van der Waals surface area contributed by atoms with E-state index < -0.39 is 5.97 Å². The van der Waals surface area contributed by atoms with Crippen LogP contribution in [0.2, 0.25) is 5.02 Å². The third kappa shape index (κ3) is 3.30. The van der Waals surface area contributed by atoms with Crippen molar-refractivity contribution in [2.75, 3.05) is 5.73 Å². The topological polar surface area (TPSA) is 70.1 Å². The van der Waals surface area contributed by atoms with Crippen LogP contribution < -0.4 is 5.73 Å². The number of carbonyl (C=O) groups is 1. The van der Waals surface area contributed by atoms with Gasteiger partial charge >= 0.3 is 5.97 Å². The Hall–Kier alpha value is -2.01. The predicted molar refractivity (Wildman–Crippen MR) is 77.6 cm³/mol. The van der Waals surface area contributed by atoms with Crippen molar-refractivity contribution < 1.29 is 9.53 Å². The van der Waals surface area contributed by atoms with Gasteiger partial charge in [0, 0.05) is 22.9 Å². The van der Waals surface area contributed by atoms with Gasteiger partial charge in [-0.2, -0.15) is 5.10 Å². The van der Waals surface area contributed by atoms with E-state index in [1.807, 2.05) is 26.1 Å². The Morgan fingerprint density at radius 2 is 2.20 bits per heavy atom. The lowest BCUT2D eigenvalue weighted by Crippen LogP contribution is -2.09. The smallest absolute Gasteiger partial charge is 0.340 e. The van der Waals surface area contributed by atoms with Crippen molar-refractivity contribution in [3.05, 3.63) is 46.7 Å². The molecule has 5 nitrogen and oxygen atoms in total. The predicted octanol–water partition coefficient (Wildman–Crippen LogP) is 3.06. The Balaban J connectivity index is 2.01. The zero-order valence-corrected chi connectivity index (χ0v) is 12.1. The molecule has 0 radical (unpaired) electrons. The van der Waals surface area contributed by atoms with Crippen LogP contribution in [0.25, 0.3) is 0 Å². The third-order valence-electron chi connectivity index (χ3n) is 2.78. The Morgan fingerprint density at radius 3 is 2.80 bits per heavy atom. The molecule has 0 saturated heterocycles. The van der Waals surface area contributed by atoms with E-state index in [2.05, 4.69) is 5.10 Å². The van der Waals surface area contributed by atoms with E-state index in [0.717, 1.165) is 0 Å². The zero-order valence-electron chi connectivity index (χ0n) is 11.3. The lowest BCUT2D eigenvalue weighted by Gasteiger charge is -2.06. The number of rotatable bonds is 4. The minimum Gasteiger partial charge on any atom is -0.455 e. The summed E-state index contributed by atoms with van der Waals surface area (Å²) in [7, 11) is 0. The Bertz CT molecular complexity index is 623. The minimum absolute atomic E-state index is 0.112. The zero-order chi connectivity index (χ0) is 14.7. The average molecular weight is 294 g/mol. The van der Waals surface area contributed by atoms with Crippen molar-refractivity contribution in [1.29, 1.82) is 0 Å². The highest BCUT2D eigenvalue weighted by atomic mass is 35.5. The molecule has 0 atom stereocenters. The van der Waals surface area contributed by atoms with Crippen LogP contribution in [0.1, 0.15) is 35.9 Å². The number of nitrogen functional groups attached to an aromatic ring is 1. The van der Waals surface area contributed by atoms with Gasteiger partial charge < -0.3 is 10.5 Å². The SMILES string of the molecule is CC(C)n1ccc(COC(=O)c2ccc(Cl)cc2N)n1. The van der Waals surface area contributed by atoms with Crippen molar-refractivity contribution in [2.24, 2.45) is 0 Å². The van der Waals surface area contributed by atoms with E-state index >= 15 is 0 Å². The van der Waals surface area contributed by atoms with Crippen LogP contribution in [0.3, 0.4) is 0 Å². The Morgan fingerprint density at radius 1 is 1.45 bits per heavy atom. The third-order valence-corrected chi connectivity index (χ3v) is 3.01. The van der Waals surface area contributed by atoms with Gasteiger partial charge in [-0.15, -0.1) is 0 Å². The number of hydrogen-bond acceptors (Lipinski definition) is 4. The molecule has 2 aromatic rings. The van der Waals surface area contributed by atoms with Crippen LogP contribution in [0.15, 0.2) is 30.5 Å². The van der Waals surface area contributed by atoms with E-state index in [4.69, 9.17) is 22.1 Å². The number of carbonyl (C=O) groups excluding carboxylic acids is 1. The second-order valence-corrected chi connectivity index (χ2v) is 5.12. The highest BCUT2D eigenvalue weighted by molar-refractivity contribution is 6.31. The molecule has 20 heavy (non-hydrogen) atoms. The lowest BCUT2D eigenvalue weighted by molar-refractivity contribution is 0.0468. The second-order valence-electron chi connectivity index (χ2n) is 4.69. The number of benzene rings is 1. The van der Waals surface area contributed by atoms with Crippen molar-refractivity contribution in [1.82, 2.24) is 9.78 Å². The van der Waals surface area contributed by atoms with Gasteiger partial charge in [0.15, 0.2) is 0 Å². The average Bonchev–Trinajstić information content (AvgIpc) is 2.85. The first-order valence-corrected chi connectivity index (χ1v) is 6.61. The maximum absolute atomic E-state index is 11.9. The van der Waals surface area contributed by atoms with Crippen molar-refractivity contribution >= 4 is 23.3 Å². The summed E-state index contributed by atoms with van der Waals surface area (Å²) in [6.07, 6.45) is 1.85. The number of nitrogens with zero attached hydrogens (tertiary/aromatic N) is 2. The van der Waals surface area contributed by atoms with Gasteiger partial charge in [-0.3, -0.25) is 4.68 Å². The van der Waals surface area contributed by atoms with Crippen LogP contribution >= 0.6 is 11.6 Å². The summed E-state index contributed by atoms with van der Waals surface area (Å²) in [6.45, 7) is 4.16. The van der Waals surface area contributed by atoms with Gasteiger partial charge in [-0.25, -0.2) is 4.79 Å². The summed E-state index contributed by atoms with van der Waals surface area (Å²) >= 11 is 5.78. The molecule has 1 heterocycles. The second kappa shape index (κ2) is 5.96. The number of nitrogens with two attached hydrogens (primary N) is 1. The number of esters is 1. The number of halogens is 1. The van der Waals surface area contributed by atoms with E-state index in [1.54, 1.807) is 16.8 Å². The molecule has 0 amide bonds. The molecule has 0 aliphatic rings. The summed E-state index contributed by atoms with van der Waals surface area (Å²) in [5, 5.41) is 4.78. The van der Waals surface area contributed by atoms with E-state index in [-0.39, 0.29) is 12.6 Å². The molecule has 6 heteroatoms. The molecule has 0 aliphatic carbocycles. The summed E-state index contributed by atoms with van der Waals surface area (Å²) in [5.74, 6) is -0.488. The Kier molecular flexibility index (Phi) is 4.29. The molecule has 0 fully saturated rings. The van der Waals surface area contributed by atoms with Gasteiger partial charge in [0.25, 0.3) is 0 Å². The first kappa shape index (κ1) is 14.4. The van der Waals surface area contributed by atoms with E-state index in [9.17, 15) is 4.79 Å². The summed E-state index contributed by atoms with van der Waals surface area (Å²) in [4.78, 5) is 11.9. The molecule has 1 aromatic carbocycles. The van der Waals surface area contributed by atoms with Crippen LogP contribution in [-0.2, 0) is 11.3 Å². The first-order chi connectivity index (χ1) is 9.47. The maximum atomic E-state index is 11.9. The molecule has 1 aromatic heterocycles. The van der Waals surface area contributed by atoms with Crippen molar-refractivity contribution in [2.45, 2.75) is 26.5 Å². The first-order valence-electron chi connectivity index (χ1n) is 6.23. The standard InChI is InChI=1S/C14H16ClN3O2/c1-9(2)18-6-5-11(17-18)8-20-14(19)12-4-3-10(15)7-13(12)16/h3-7,9H,8,16H2,1-2H3. The molecule has 106 valence electrons. The molecular formula is C14H16ClN3O2. The number of anilines is 1. The molecule has 2 rings (SSSR count). The summed E-state index contributed by atoms with van der Waals surface area (Å²) in [6, 6.07) is 6.75. The van der Waals surface area contributed by atoms with Crippen LogP contribution in [0.5, 0.6) is 0 Å². The van der Waals surface area contributed by atoms with Crippen LogP contribution in [-0.4, -0.2) is 15.7 Å². The van der Waals surface area contributed by atoms with Gasteiger partial charge in [0.2, 0.25) is 0 Å². The molecule has 0 unspecified atom stereocenters. The Labute approximate surface area is 122 Å². The number of hydrogen-bond donors (Lipinski definition) is 1. The van der Waals surface area contributed by atoms with Crippen molar-refractivity contribution in [3.63, 3.8) is 0 Å². The fraction of sp³-hybridized carbons (Fsp3) is 0.286. The molecule has 0 bridgehead atoms. The molecule has 0 spiro atoms. The largest absolute Gasteiger partial charge is 0.455 e. The molecule has 0 aliphatic heterocycles. The normalized spacial score (nSPS) is 10.8. The highest BCUT2D eigenvalue weighted by Gasteiger charge is 2.12. The van der Waals surface area contributed by atoms with Gasteiger partial charge in [0.05, 0.1) is 11.3 Å². The molecule has 2 N–H and O–H groups in total. The molecular weight excluding hydrogens is 278 g/mol. The van der Waals surface area contributed by atoms with Crippen LogP contribution in [0, 0.1) is 0 Å². The minimum atomic E-state index is -0.488. The molecule has 0 saturated carbocycles. The van der Waals surface area contributed by atoms with Gasteiger partial charge in [-0.05, 0) is 38.1 Å². The van der Waals surface area contributed by atoms with Gasteiger partial charge in [-0.1, -0.05) is 11.6 Å². The van der Waals surface area contributed by atoms with Crippen molar-refractivity contribution in [3.8, 4) is 0 Å². The highest BCUT2D eigenvalue weighted by Crippen LogP contribution is 2.19. The fourth-order valence-corrected chi connectivity index (χ4v) is 1.86. The van der Waals surface area contributed by atoms with E-state index in [1.165, 1.54) is 6.07 Å². The number of ether oxygens (including phenoxy) is 1. The fourth-order valence-electron chi connectivity index (χ4n) is 1.68. The summed E-state index contributed by atoms with van der Waals surface area (Å²) in [5.41, 5.74) is 7.03.